The lowest BCUT2D eigenvalue weighted by Crippen LogP contribution is -2.62. The van der Waals surface area contributed by atoms with Crippen molar-refractivity contribution in [3.05, 3.63) is 72.8 Å². The molecule has 0 spiro atoms. The molecule has 1 aliphatic rings. The summed E-state index contributed by atoms with van der Waals surface area (Å²) in [5.41, 5.74) is 8.51. The Morgan fingerprint density at radius 3 is 2.85 bits per heavy atom. The van der Waals surface area contributed by atoms with Gasteiger partial charge in [-0.25, -0.2) is 23.6 Å². The summed E-state index contributed by atoms with van der Waals surface area (Å²) in [5, 5.41) is 0. The van der Waals surface area contributed by atoms with E-state index in [1.807, 2.05) is 24.3 Å². The number of carbonyl (C=O) groups excluding carboxylic acids is 2. The number of aromatic nitrogens is 4. The average molecular weight is 447 g/mol. The van der Waals surface area contributed by atoms with Crippen molar-refractivity contribution in [2.45, 2.75) is 31.7 Å². The minimum absolute atomic E-state index is 0.128. The molecule has 5 rings (SSSR count). The first-order chi connectivity index (χ1) is 16.0. The fraction of sp³-hybridized carbons (Fsp3) is 0.250. The van der Waals surface area contributed by atoms with E-state index in [0.717, 1.165) is 11.0 Å². The maximum atomic E-state index is 14.5. The third-order valence-corrected chi connectivity index (χ3v) is 6.46. The molecular weight excluding hydrogens is 423 g/mol. The molecule has 2 atom stereocenters. The quantitative estimate of drug-likeness (QED) is 0.443. The van der Waals surface area contributed by atoms with Gasteiger partial charge in [0.05, 0.1) is 30.3 Å². The number of quaternary nitrogens is 1. The Bertz CT molecular complexity index is 1300. The fourth-order valence-electron chi connectivity index (χ4n) is 4.98. The molecule has 1 fully saturated rings. The number of aromatic amines is 1. The Balaban J connectivity index is 1.56. The molecule has 8 nitrogen and oxygen atoms in total. The number of amides is 2. The number of carbonyl (C=O) groups is 2. The van der Waals surface area contributed by atoms with Gasteiger partial charge in [0.1, 0.15) is 17.3 Å². The SMILES string of the molecule is NC(=O)[C@@H]1CCC[N+]1(C(=O)CCc1nc2ccccc2[nH]1)c1cc(F)ccc1-n1ccnc1. The summed E-state index contributed by atoms with van der Waals surface area (Å²) < 4.78 is 15.9. The third kappa shape index (κ3) is 3.60. The lowest BCUT2D eigenvalue weighted by atomic mass is 10.1. The maximum absolute atomic E-state index is 14.5. The highest BCUT2D eigenvalue weighted by molar-refractivity contribution is 5.98. The number of hydrogen-bond donors (Lipinski definition) is 2. The summed E-state index contributed by atoms with van der Waals surface area (Å²) in [4.78, 5) is 38.2. The zero-order valence-corrected chi connectivity index (χ0v) is 17.9. The van der Waals surface area contributed by atoms with Crippen molar-refractivity contribution in [2.24, 2.45) is 5.73 Å². The summed E-state index contributed by atoms with van der Waals surface area (Å²) in [7, 11) is 0. The molecule has 168 valence electrons. The summed E-state index contributed by atoms with van der Waals surface area (Å²) in [6.07, 6.45) is 6.51. The summed E-state index contributed by atoms with van der Waals surface area (Å²) in [6, 6.07) is 11.2. The monoisotopic (exact) mass is 447 g/mol. The van der Waals surface area contributed by atoms with Crippen LogP contribution in [-0.2, 0) is 16.0 Å². The molecule has 2 aromatic heterocycles. The molecule has 0 bridgehead atoms. The van der Waals surface area contributed by atoms with Gasteiger partial charge in [-0.15, -0.1) is 0 Å². The van der Waals surface area contributed by atoms with Gasteiger partial charge in [-0.3, -0.25) is 4.79 Å². The van der Waals surface area contributed by atoms with Crippen LogP contribution in [0.15, 0.2) is 61.2 Å². The molecule has 3 N–H and O–H groups in total. The van der Waals surface area contributed by atoms with Gasteiger partial charge < -0.3 is 15.3 Å². The summed E-state index contributed by atoms with van der Waals surface area (Å²) in [5.74, 6) is -0.549. The Hall–Kier alpha value is -3.85. The molecule has 0 aliphatic carbocycles. The number of hydrogen-bond acceptors (Lipinski definition) is 4. The van der Waals surface area contributed by atoms with E-state index in [-0.39, 0.29) is 16.8 Å². The molecular formula is C24H24FN6O2+. The first-order valence-corrected chi connectivity index (χ1v) is 10.9. The topological polar surface area (TPSA) is 107 Å². The Kier molecular flexibility index (Phi) is 5.26. The molecule has 3 heterocycles. The molecule has 0 saturated carbocycles. The number of nitrogens with one attached hydrogen (secondary N) is 1. The van der Waals surface area contributed by atoms with E-state index < -0.39 is 17.8 Å². The Morgan fingerprint density at radius 1 is 1.24 bits per heavy atom. The standard InChI is InChI=1S/C24H23FN6O2/c25-16-7-8-19(30-12-11-27-15-30)21(14-16)31(13-3-6-20(31)24(26)33)23(32)10-9-22-28-17-4-1-2-5-18(17)29-22/h1-2,4-5,7-8,11-12,14-15,20H,3,6,9-10,13H2,(H2-,26,28,29,33)/p+1/t20-,31?/m0/s1. The second-order valence-corrected chi connectivity index (χ2v) is 8.35. The number of likely N-dealkylation sites (tertiary alicyclic amines) is 1. The Morgan fingerprint density at radius 2 is 2.09 bits per heavy atom. The van der Waals surface area contributed by atoms with Crippen LogP contribution in [0.1, 0.15) is 25.1 Å². The number of primary amides is 1. The molecule has 33 heavy (non-hydrogen) atoms. The van der Waals surface area contributed by atoms with E-state index in [2.05, 4.69) is 15.0 Å². The highest BCUT2D eigenvalue weighted by Gasteiger charge is 2.53. The van der Waals surface area contributed by atoms with E-state index in [0.29, 0.717) is 43.0 Å². The summed E-state index contributed by atoms with van der Waals surface area (Å²) >= 11 is 0. The number of nitrogens with zero attached hydrogens (tertiary/aromatic N) is 4. The molecule has 0 radical (unpaired) electrons. The van der Waals surface area contributed by atoms with Crippen LogP contribution < -0.4 is 10.2 Å². The van der Waals surface area contributed by atoms with Gasteiger partial charge in [0, 0.05) is 37.7 Å². The molecule has 2 amide bonds. The van der Waals surface area contributed by atoms with Crippen LogP contribution in [0.2, 0.25) is 0 Å². The van der Waals surface area contributed by atoms with Gasteiger partial charge in [0.2, 0.25) is 0 Å². The van der Waals surface area contributed by atoms with E-state index in [4.69, 9.17) is 5.73 Å². The van der Waals surface area contributed by atoms with Crippen LogP contribution in [-0.4, -0.2) is 43.9 Å². The minimum Gasteiger partial charge on any atom is -0.364 e. The molecule has 1 unspecified atom stereocenters. The molecule has 1 saturated heterocycles. The first-order valence-electron chi connectivity index (χ1n) is 10.9. The number of nitrogens with two attached hydrogens (primary N) is 1. The fourth-order valence-corrected chi connectivity index (χ4v) is 4.98. The van der Waals surface area contributed by atoms with E-state index in [9.17, 15) is 14.0 Å². The van der Waals surface area contributed by atoms with Gasteiger partial charge in [-0.05, 0) is 24.3 Å². The zero-order chi connectivity index (χ0) is 23.0. The van der Waals surface area contributed by atoms with Crippen LogP contribution in [0.5, 0.6) is 0 Å². The van der Waals surface area contributed by atoms with Gasteiger partial charge in [-0.1, -0.05) is 12.1 Å². The predicted octanol–water partition coefficient (Wildman–Crippen LogP) is 3.00. The van der Waals surface area contributed by atoms with Crippen LogP contribution in [0.3, 0.4) is 0 Å². The smallest absolute Gasteiger partial charge is 0.319 e. The number of fused-ring (bicyclic) bond motifs is 1. The largest absolute Gasteiger partial charge is 0.364 e. The predicted molar refractivity (Wildman–Crippen MR) is 122 cm³/mol. The van der Waals surface area contributed by atoms with Crippen molar-refractivity contribution in [2.75, 3.05) is 6.54 Å². The van der Waals surface area contributed by atoms with Gasteiger partial charge >= 0.3 is 5.91 Å². The van der Waals surface area contributed by atoms with Crippen molar-refractivity contribution in [3.63, 3.8) is 0 Å². The molecule has 9 heteroatoms. The van der Waals surface area contributed by atoms with Crippen LogP contribution in [0.25, 0.3) is 16.7 Å². The molecule has 2 aromatic carbocycles. The lowest BCUT2D eigenvalue weighted by Gasteiger charge is -2.36. The maximum Gasteiger partial charge on any atom is 0.319 e. The number of rotatable bonds is 6. The zero-order valence-electron chi connectivity index (χ0n) is 17.9. The van der Waals surface area contributed by atoms with Crippen LogP contribution >= 0.6 is 0 Å². The number of aryl methyl sites for hydroxylation is 1. The van der Waals surface area contributed by atoms with Crippen molar-refractivity contribution in [1.29, 1.82) is 0 Å². The lowest BCUT2D eigenvalue weighted by molar-refractivity contribution is -0.136. The average Bonchev–Trinajstić information content (AvgIpc) is 3.56. The van der Waals surface area contributed by atoms with E-state index in [1.165, 1.54) is 12.1 Å². The highest BCUT2D eigenvalue weighted by atomic mass is 19.1. The number of para-hydroxylation sites is 2. The second kappa shape index (κ2) is 8.25. The highest BCUT2D eigenvalue weighted by Crippen LogP contribution is 2.40. The van der Waals surface area contributed by atoms with Gasteiger partial charge in [0.15, 0.2) is 11.7 Å². The number of H-pyrrole nitrogens is 1. The third-order valence-electron chi connectivity index (χ3n) is 6.46. The summed E-state index contributed by atoms with van der Waals surface area (Å²) in [6.45, 7) is 0.373. The van der Waals surface area contributed by atoms with E-state index in [1.54, 1.807) is 29.4 Å². The molecule has 1 aliphatic heterocycles. The van der Waals surface area contributed by atoms with Crippen molar-refractivity contribution in [3.8, 4) is 5.69 Å². The number of halogens is 1. The number of benzene rings is 2. The van der Waals surface area contributed by atoms with E-state index >= 15 is 0 Å². The van der Waals surface area contributed by atoms with Crippen molar-refractivity contribution >= 4 is 28.5 Å². The first kappa shape index (κ1) is 21.0. The molecule has 4 aromatic rings. The number of imidazole rings is 2. The van der Waals surface area contributed by atoms with Crippen LogP contribution in [0, 0.1) is 5.82 Å². The van der Waals surface area contributed by atoms with Crippen LogP contribution in [0.4, 0.5) is 10.1 Å². The second-order valence-electron chi connectivity index (χ2n) is 8.35. The minimum atomic E-state index is -0.766. The normalized spacial score (nSPS) is 20.3. The van der Waals surface area contributed by atoms with Crippen molar-refractivity contribution in [1.82, 2.24) is 24.0 Å². The van der Waals surface area contributed by atoms with Gasteiger partial charge in [0.25, 0.3) is 5.91 Å². The van der Waals surface area contributed by atoms with Gasteiger partial charge in [-0.2, -0.15) is 0 Å². The Labute approximate surface area is 189 Å². The van der Waals surface area contributed by atoms with Crippen molar-refractivity contribution < 1.29 is 14.0 Å².